The Labute approximate surface area is 86.0 Å². The molecule has 1 spiro atoms. The summed E-state index contributed by atoms with van der Waals surface area (Å²) >= 11 is 0. The minimum atomic E-state index is 0.0440. The molecule has 0 aromatic heterocycles. The molecular formula is C12H20O2. The van der Waals surface area contributed by atoms with E-state index in [1.165, 1.54) is 25.7 Å². The van der Waals surface area contributed by atoms with E-state index in [2.05, 4.69) is 0 Å². The van der Waals surface area contributed by atoms with Crippen LogP contribution in [0.1, 0.15) is 46.0 Å². The topological polar surface area (TPSA) is 26.3 Å². The van der Waals surface area contributed by atoms with Gasteiger partial charge in [0.15, 0.2) is 0 Å². The van der Waals surface area contributed by atoms with Gasteiger partial charge in [-0.15, -0.1) is 0 Å². The van der Waals surface area contributed by atoms with E-state index in [9.17, 15) is 4.79 Å². The van der Waals surface area contributed by atoms with Gasteiger partial charge >= 0.3 is 5.97 Å². The van der Waals surface area contributed by atoms with Crippen LogP contribution >= 0.6 is 0 Å². The molecule has 0 radical (unpaired) electrons. The van der Waals surface area contributed by atoms with E-state index in [0.29, 0.717) is 11.8 Å². The van der Waals surface area contributed by atoms with Gasteiger partial charge in [-0.25, -0.2) is 0 Å². The van der Waals surface area contributed by atoms with Gasteiger partial charge in [0.2, 0.25) is 0 Å². The summed E-state index contributed by atoms with van der Waals surface area (Å²) in [5.41, 5.74) is 0.306. The molecule has 80 valence electrons. The van der Waals surface area contributed by atoms with Gasteiger partial charge in [-0.1, -0.05) is 20.3 Å². The third-order valence-electron chi connectivity index (χ3n) is 4.12. The van der Waals surface area contributed by atoms with Crippen molar-refractivity contribution in [1.29, 1.82) is 0 Å². The summed E-state index contributed by atoms with van der Waals surface area (Å²) in [7, 11) is 0. The molecule has 1 aliphatic heterocycles. The zero-order valence-electron chi connectivity index (χ0n) is 9.21. The fraction of sp³-hybridized carbons (Fsp3) is 0.917. The summed E-state index contributed by atoms with van der Waals surface area (Å²) in [6, 6.07) is 0. The first kappa shape index (κ1) is 10.0. The SMILES string of the molecule is CC.O=C1CC2(CO1)CC1CCC2C1. The first-order valence-electron chi connectivity index (χ1n) is 5.94. The second-order valence-corrected chi connectivity index (χ2v) is 4.78. The highest BCUT2D eigenvalue weighted by Gasteiger charge is 2.55. The third-order valence-corrected chi connectivity index (χ3v) is 4.12. The Morgan fingerprint density at radius 2 is 2.14 bits per heavy atom. The molecule has 1 heterocycles. The zero-order chi connectivity index (χ0) is 10.2. The number of ether oxygens (including phenoxy) is 1. The van der Waals surface area contributed by atoms with Crippen LogP contribution in [0.3, 0.4) is 0 Å². The molecule has 2 saturated carbocycles. The maximum Gasteiger partial charge on any atom is 0.306 e. The molecule has 3 fully saturated rings. The Morgan fingerprint density at radius 3 is 2.57 bits per heavy atom. The summed E-state index contributed by atoms with van der Waals surface area (Å²) < 4.78 is 5.10. The van der Waals surface area contributed by atoms with Gasteiger partial charge in [-0.3, -0.25) is 4.79 Å². The van der Waals surface area contributed by atoms with Crippen molar-refractivity contribution in [2.45, 2.75) is 46.0 Å². The third kappa shape index (κ3) is 1.35. The first-order valence-corrected chi connectivity index (χ1v) is 5.94. The minimum Gasteiger partial charge on any atom is -0.465 e. The molecule has 2 nitrogen and oxygen atoms in total. The number of esters is 1. The van der Waals surface area contributed by atoms with E-state index < -0.39 is 0 Å². The molecule has 14 heavy (non-hydrogen) atoms. The molecule has 3 aliphatic rings. The molecule has 0 N–H and O–H groups in total. The molecule has 1 saturated heterocycles. The standard InChI is InChI=1S/C10H14O2.C2H6/c11-9-5-10(6-12-9)4-7-1-2-8(10)3-7;1-2/h7-8H,1-6H2;1-2H3. The summed E-state index contributed by atoms with van der Waals surface area (Å²) in [6.45, 7) is 4.73. The van der Waals surface area contributed by atoms with Crippen LogP contribution in [0.15, 0.2) is 0 Å². The number of carbonyl (C=O) groups is 1. The molecule has 0 amide bonds. The highest BCUT2D eigenvalue weighted by molar-refractivity contribution is 5.72. The summed E-state index contributed by atoms with van der Waals surface area (Å²) in [5, 5.41) is 0. The normalized spacial score (nSPS) is 43.7. The maximum atomic E-state index is 11.1. The van der Waals surface area contributed by atoms with Crippen LogP contribution in [0.25, 0.3) is 0 Å². The lowest BCUT2D eigenvalue weighted by Crippen LogP contribution is -2.27. The quantitative estimate of drug-likeness (QED) is 0.557. The van der Waals surface area contributed by atoms with Gasteiger partial charge in [0.25, 0.3) is 0 Å². The van der Waals surface area contributed by atoms with E-state index in [1.54, 1.807) is 0 Å². The second-order valence-electron chi connectivity index (χ2n) is 4.78. The van der Waals surface area contributed by atoms with Crippen LogP contribution in [0.5, 0.6) is 0 Å². The number of hydrogen-bond donors (Lipinski definition) is 0. The van der Waals surface area contributed by atoms with E-state index >= 15 is 0 Å². The zero-order valence-corrected chi connectivity index (χ0v) is 9.21. The molecule has 2 aliphatic carbocycles. The highest BCUT2D eigenvalue weighted by Crippen LogP contribution is 2.59. The van der Waals surface area contributed by atoms with Crippen LogP contribution in [-0.2, 0) is 9.53 Å². The van der Waals surface area contributed by atoms with Crippen LogP contribution in [0, 0.1) is 17.3 Å². The first-order chi connectivity index (χ1) is 6.78. The molecule has 3 unspecified atom stereocenters. The fourth-order valence-corrected chi connectivity index (χ4v) is 3.57. The Hall–Kier alpha value is -0.530. The lowest BCUT2D eigenvalue weighted by atomic mass is 9.73. The Bertz CT molecular complexity index is 236. The second kappa shape index (κ2) is 3.56. The van der Waals surface area contributed by atoms with Gasteiger partial charge in [-0.05, 0) is 31.1 Å². The van der Waals surface area contributed by atoms with Gasteiger partial charge < -0.3 is 4.74 Å². The van der Waals surface area contributed by atoms with Crippen molar-refractivity contribution < 1.29 is 9.53 Å². The van der Waals surface area contributed by atoms with Crippen molar-refractivity contribution in [2.24, 2.45) is 17.3 Å². The number of carbonyl (C=O) groups excluding carboxylic acids is 1. The number of hydrogen-bond acceptors (Lipinski definition) is 2. The Balaban J connectivity index is 0.000000354. The van der Waals surface area contributed by atoms with E-state index in [0.717, 1.165) is 18.4 Å². The summed E-state index contributed by atoms with van der Waals surface area (Å²) in [6.07, 6.45) is 6.11. The van der Waals surface area contributed by atoms with E-state index in [-0.39, 0.29) is 5.97 Å². The van der Waals surface area contributed by atoms with Crippen LogP contribution in [-0.4, -0.2) is 12.6 Å². The lowest BCUT2D eigenvalue weighted by molar-refractivity contribution is -0.137. The monoisotopic (exact) mass is 196 g/mol. The molecular weight excluding hydrogens is 176 g/mol. The fourth-order valence-electron chi connectivity index (χ4n) is 3.57. The average Bonchev–Trinajstić information content (AvgIpc) is 2.86. The molecule has 0 aromatic carbocycles. The van der Waals surface area contributed by atoms with Crippen LogP contribution < -0.4 is 0 Å². The van der Waals surface area contributed by atoms with Crippen molar-refractivity contribution in [2.75, 3.05) is 6.61 Å². The molecule has 3 rings (SSSR count). The van der Waals surface area contributed by atoms with Gasteiger partial charge in [-0.2, -0.15) is 0 Å². The van der Waals surface area contributed by atoms with Crippen molar-refractivity contribution in [3.05, 3.63) is 0 Å². The molecule has 2 heteroatoms. The Morgan fingerprint density at radius 1 is 1.36 bits per heavy atom. The predicted octanol–water partition coefficient (Wildman–Crippen LogP) is 2.77. The van der Waals surface area contributed by atoms with E-state index in [4.69, 9.17) is 4.74 Å². The van der Waals surface area contributed by atoms with Gasteiger partial charge in [0.05, 0.1) is 13.0 Å². The van der Waals surface area contributed by atoms with Gasteiger partial charge in [0, 0.05) is 5.41 Å². The van der Waals surface area contributed by atoms with Crippen molar-refractivity contribution in [3.63, 3.8) is 0 Å². The van der Waals surface area contributed by atoms with Gasteiger partial charge in [0.1, 0.15) is 0 Å². The van der Waals surface area contributed by atoms with Crippen molar-refractivity contribution in [1.82, 2.24) is 0 Å². The number of cyclic esters (lactones) is 1. The summed E-state index contributed by atoms with van der Waals surface area (Å²) in [4.78, 5) is 11.1. The molecule has 2 bridgehead atoms. The predicted molar refractivity (Wildman–Crippen MR) is 54.8 cm³/mol. The maximum absolute atomic E-state index is 11.1. The molecule has 0 aromatic rings. The Kier molecular flexibility index (Phi) is 2.54. The minimum absolute atomic E-state index is 0.0440. The van der Waals surface area contributed by atoms with Crippen molar-refractivity contribution >= 4 is 5.97 Å². The average molecular weight is 196 g/mol. The van der Waals surface area contributed by atoms with E-state index in [1.807, 2.05) is 13.8 Å². The summed E-state index contributed by atoms with van der Waals surface area (Å²) in [5.74, 6) is 1.78. The van der Waals surface area contributed by atoms with Crippen LogP contribution in [0.4, 0.5) is 0 Å². The number of rotatable bonds is 0. The van der Waals surface area contributed by atoms with Crippen molar-refractivity contribution in [3.8, 4) is 0 Å². The van der Waals surface area contributed by atoms with Crippen LogP contribution in [0.2, 0.25) is 0 Å². The highest BCUT2D eigenvalue weighted by atomic mass is 16.5. The smallest absolute Gasteiger partial charge is 0.306 e. The molecule has 3 atom stereocenters. The number of fused-ring (bicyclic) bond motifs is 3. The lowest BCUT2D eigenvalue weighted by Gasteiger charge is -2.30. The largest absolute Gasteiger partial charge is 0.465 e.